The van der Waals surface area contributed by atoms with Crippen molar-refractivity contribution in [1.29, 1.82) is 0 Å². The number of hydrogen-bond donors (Lipinski definition) is 1. The molecule has 1 aromatic rings. The molecule has 0 bridgehead atoms. The lowest BCUT2D eigenvalue weighted by molar-refractivity contribution is 0.404. The second-order valence-corrected chi connectivity index (χ2v) is 8.41. The van der Waals surface area contributed by atoms with Crippen LogP contribution in [0.2, 0.25) is 0 Å². The molecule has 0 aromatic carbocycles. The van der Waals surface area contributed by atoms with E-state index in [0.717, 1.165) is 18.8 Å². The van der Waals surface area contributed by atoms with Gasteiger partial charge in [0.15, 0.2) is 0 Å². The van der Waals surface area contributed by atoms with Gasteiger partial charge in [0.05, 0.1) is 23.2 Å². The summed E-state index contributed by atoms with van der Waals surface area (Å²) in [5.41, 5.74) is 3.73. The van der Waals surface area contributed by atoms with Crippen LogP contribution < -0.4 is 5.32 Å². The van der Waals surface area contributed by atoms with E-state index in [4.69, 9.17) is 5.10 Å². The first-order valence-electron chi connectivity index (χ1n) is 7.44. The zero-order valence-corrected chi connectivity index (χ0v) is 13.0. The fourth-order valence-corrected chi connectivity index (χ4v) is 5.11. The molecule has 3 rings (SSSR count). The zero-order chi connectivity index (χ0) is 14.3. The fourth-order valence-electron chi connectivity index (χ4n) is 3.65. The van der Waals surface area contributed by atoms with Gasteiger partial charge in [0.25, 0.3) is 0 Å². The Balaban J connectivity index is 1.86. The fraction of sp³-hybridized carbons (Fsp3) is 0.786. The molecule has 0 radical (unpaired) electrons. The molecule has 6 heteroatoms. The van der Waals surface area contributed by atoms with Gasteiger partial charge in [-0.05, 0) is 39.7 Å². The summed E-state index contributed by atoms with van der Waals surface area (Å²) in [6, 6.07) is 0.250. The molecule has 5 nitrogen and oxygen atoms in total. The number of nitrogens with zero attached hydrogens (tertiary/aromatic N) is 2. The van der Waals surface area contributed by atoms with Crippen molar-refractivity contribution in [2.75, 3.05) is 24.6 Å². The molecule has 2 fully saturated rings. The van der Waals surface area contributed by atoms with Crippen LogP contribution in [0.1, 0.15) is 48.2 Å². The minimum Gasteiger partial charge on any atom is -0.316 e. The molecule has 3 heterocycles. The Morgan fingerprint density at radius 2 is 1.90 bits per heavy atom. The molecule has 0 saturated carbocycles. The summed E-state index contributed by atoms with van der Waals surface area (Å²) in [5, 5.41) is 8.13. The summed E-state index contributed by atoms with van der Waals surface area (Å²) in [6.07, 6.45) is 2.58. The second-order valence-electron chi connectivity index (χ2n) is 6.10. The zero-order valence-electron chi connectivity index (χ0n) is 12.2. The average molecular weight is 297 g/mol. The van der Waals surface area contributed by atoms with Crippen LogP contribution in [0, 0.1) is 13.8 Å². The second kappa shape index (κ2) is 5.15. The maximum atomic E-state index is 11.6. The number of nitrogens with one attached hydrogen (secondary N) is 1. The maximum absolute atomic E-state index is 11.6. The molecule has 0 aliphatic carbocycles. The van der Waals surface area contributed by atoms with E-state index in [2.05, 4.69) is 23.8 Å². The Bertz CT molecular complexity index is 586. The first-order valence-corrected chi connectivity index (χ1v) is 9.27. The van der Waals surface area contributed by atoms with Crippen LogP contribution in [0.3, 0.4) is 0 Å². The smallest absolute Gasteiger partial charge is 0.150 e. The first kappa shape index (κ1) is 14.1. The molecule has 1 aromatic heterocycles. The van der Waals surface area contributed by atoms with Crippen LogP contribution in [0.4, 0.5) is 0 Å². The number of rotatable bonds is 2. The molecule has 0 spiro atoms. The van der Waals surface area contributed by atoms with Crippen molar-refractivity contribution >= 4 is 9.84 Å². The molecule has 2 saturated heterocycles. The van der Waals surface area contributed by atoms with Gasteiger partial charge in [-0.15, -0.1) is 0 Å². The van der Waals surface area contributed by atoms with E-state index in [0.29, 0.717) is 30.3 Å². The van der Waals surface area contributed by atoms with E-state index in [1.807, 2.05) is 0 Å². The molecular formula is C14H23N3O2S. The van der Waals surface area contributed by atoms with E-state index in [9.17, 15) is 8.42 Å². The molecule has 1 unspecified atom stereocenters. The minimum atomic E-state index is -2.81. The van der Waals surface area contributed by atoms with Crippen molar-refractivity contribution in [3.8, 4) is 0 Å². The van der Waals surface area contributed by atoms with Crippen molar-refractivity contribution in [1.82, 2.24) is 15.1 Å². The highest BCUT2D eigenvalue weighted by atomic mass is 32.2. The molecule has 0 amide bonds. The summed E-state index contributed by atoms with van der Waals surface area (Å²) >= 11 is 0. The van der Waals surface area contributed by atoms with Crippen LogP contribution in [-0.2, 0) is 9.84 Å². The lowest BCUT2D eigenvalue weighted by Gasteiger charge is -2.24. The van der Waals surface area contributed by atoms with E-state index in [-0.39, 0.29) is 6.04 Å². The van der Waals surface area contributed by atoms with Gasteiger partial charge in [0.1, 0.15) is 9.84 Å². The molecule has 112 valence electrons. The normalized spacial score (nSPS) is 27.0. The van der Waals surface area contributed by atoms with Crippen molar-refractivity contribution < 1.29 is 8.42 Å². The van der Waals surface area contributed by atoms with Gasteiger partial charge in [-0.3, -0.25) is 4.68 Å². The number of hydrogen-bond acceptors (Lipinski definition) is 4. The summed E-state index contributed by atoms with van der Waals surface area (Å²) in [4.78, 5) is 0. The van der Waals surface area contributed by atoms with Crippen molar-refractivity contribution in [2.45, 2.75) is 45.1 Å². The lowest BCUT2D eigenvalue weighted by atomic mass is 9.96. The average Bonchev–Trinajstić information content (AvgIpc) is 2.98. The van der Waals surface area contributed by atoms with Gasteiger partial charge < -0.3 is 5.32 Å². The summed E-state index contributed by atoms with van der Waals surface area (Å²) < 4.78 is 25.2. The first-order chi connectivity index (χ1) is 9.48. The van der Waals surface area contributed by atoms with Crippen molar-refractivity contribution in [3.63, 3.8) is 0 Å². The standard InChI is InChI=1S/C14H23N3O2S/c1-10-14(12-3-6-15-9-12)11(2)17(16-10)13-4-7-20(18,19)8-5-13/h12-13,15H,3-9H2,1-2H3. The predicted molar refractivity (Wildman–Crippen MR) is 78.9 cm³/mol. The van der Waals surface area contributed by atoms with E-state index in [1.165, 1.54) is 17.7 Å². The van der Waals surface area contributed by atoms with Crippen LogP contribution >= 0.6 is 0 Å². The Kier molecular flexibility index (Phi) is 3.62. The molecule has 1 N–H and O–H groups in total. The maximum Gasteiger partial charge on any atom is 0.150 e. The Hall–Kier alpha value is -0.880. The Morgan fingerprint density at radius 1 is 1.20 bits per heavy atom. The highest BCUT2D eigenvalue weighted by Gasteiger charge is 2.29. The van der Waals surface area contributed by atoms with Gasteiger partial charge in [-0.25, -0.2) is 8.42 Å². The molecule has 2 aliphatic rings. The van der Waals surface area contributed by atoms with Crippen LogP contribution in [0.15, 0.2) is 0 Å². The molecular weight excluding hydrogens is 274 g/mol. The van der Waals surface area contributed by atoms with Crippen LogP contribution in [0.5, 0.6) is 0 Å². The molecule has 1 atom stereocenters. The van der Waals surface area contributed by atoms with Gasteiger partial charge in [-0.1, -0.05) is 0 Å². The Morgan fingerprint density at radius 3 is 2.50 bits per heavy atom. The topological polar surface area (TPSA) is 64.0 Å². The minimum absolute atomic E-state index is 0.250. The van der Waals surface area contributed by atoms with Crippen molar-refractivity contribution in [3.05, 3.63) is 17.0 Å². The van der Waals surface area contributed by atoms with Crippen LogP contribution in [-0.4, -0.2) is 42.8 Å². The van der Waals surface area contributed by atoms with Gasteiger partial charge in [0.2, 0.25) is 0 Å². The number of aromatic nitrogens is 2. The Labute approximate surface area is 120 Å². The largest absolute Gasteiger partial charge is 0.316 e. The number of sulfone groups is 1. The predicted octanol–water partition coefficient (Wildman–Crippen LogP) is 1.33. The third-order valence-corrected chi connectivity index (χ3v) is 6.43. The monoisotopic (exact) mass is 297 g/mol. The summed E-state index contributed by atoms with van der Waals surface area (Å²) in [7, 11) is -2.81. The molecule has 2 aliphatic heterocycles. The number of aryl methyl sites for hydroxylation is 1. The summed E-state index contributed by atoms with van der Waals surface area (Å²) in [5.74, 6) is 1.17. The SMILES string of the molecule is Cc1nn(C2CCS(=O)(=O)CC2)c(C)c1C1CCNC1. The van der Waals surface area contributed by atoms with Gasteiger partial charge in [-0.2, -0.15) is 5.10 Å². The van der Waals surface area contributed by atoms with Crippen molar-refractivity contribution in [2.24, 2.45) is 0 Å². The highest BCUT2D eigenvalue weighted by molar-refractivity contribution is 7.91. The molecule has 20 heavy (non-hydrogen) atoms. The lowest BCUT2D eigenvalue weighted by Crippen LogP contribution is -2.26. The summed E-state index contributed by atoms with van der Waals surface area (Å²) in [6.45, 7) is 6.33. The van der Waals surface area contributed by atoms with Gasteiger partial charge in [0, 0.05) is 23.7 Å². The third kappa shape index (κ3) is 2.51. The van der Waals surface area contributed by atoms with E-state index in [1.54, 1.807) is 0 Å². The van der Waals surface area contributed by atoms with E-state index >= 15 is 0 Å². The van der Waals surface area contributed by atoms with Crippen LogP contribution in [0.25, 0.3) is 0 Å². The highest BCUT2D eigenvalue weighted by Crippen LogP contribution is 2.32. The third-order valence-electron chi connectivity index (χ3n) is 4.72. The van der Waals surface area contributed by atoms with E-state index < -0.39 is 9.84 Å². The quantitative estimate of drug-likeness (QED) is 0.894. The van der Waals surface area contributed by atoms with Gasteiger partial charge >= 0.3 is 0 Å².